The first-order chi connectivity index (χ1) is 17.8. The highest BCUT2D eigenvalue weighted by molar-refractivity contribution is 6.32. The number of hydrogen-bond donors (Lipinski definition) is 2. The van der Waals surface area contributed by atoms with Crippen molar-refractivity contribution in [1.82, 2.24) is 35.3 Å². The molecule has 0 spiro atoms. The van der Waals surface area contributed by atoms with Crippen LogP contribution >= 0.6 is 11.6 Å². The molecule has 0 unspecified atom stereocenters. The van der Waals surface area contributed by atoms with Crippen LogP contribution in [0.3, 0.4) is 0 Å². The average molecular weight is 530 g/mol. The van der Waals surface area contributed by atoms with Crippen molar-refractivity contribution >= 4 is 40.4 Å². The number of nitrogens with two attached hydrogens (primary N) is 1. The Hall–Kier alpha value is -3.42. The number of piperazine rings is 1. The van der Waals surface area contributed by atoms with Gasteiger partial charge in [-0.3, -0.25) is 4.90 Å². The molecular formula is C23H29ClFN11O. The molecule has 196 valence electrons. The van der Waals surface area contributed by atoms with E-state index in [-0.39, 0.29) is 34.3 Å². The van der Waals surface area contributed by atoms with Crippen LogP contribution in [0.4, 0.5) is 33.2 Å². The molecule has 2 aliphatic rings. The number of morpholine rings is 1. The van der Waals surface area contributed by atoms with Crippen LogP contribution < -0.4 is 20.9 Å². The maximum absolute atomic E-state index is 15.6. The summed E-state index contributed by atoms with van der Waals surface area (Å²) in [6.07, 6.45) is 1.31. The minimum Gasteiger partial charge on any atom is -0.393 e. The van der Waals surface area contributed by atoms with Gasteiger partial charge in [-0.15, -0.1) is 20.4 Å². The van der Waals surface area contributed by atoms with Gasteiger partial charge in [0.15, 0.2) is 11.0 Å². The molecular weight excluding hydrogens is 501 g/mol. The van der Waals surface area contributed by atoms with Gasteiger partial charge in [0, 0.05) is 44.3 Å². The number of aromatic nitrogens is 6. The standard InChI is InChI=1S/C23H29ClFN11O/c1-13-10-36(11-14(2)34(13)3)18-9-16(25)15(8-17(18)29-22-19(26)20(24)27-12-28-22)21-30-32-23(33-31-21)35-4-6-37-7-5-35/h8-9,12-14H,4-7,10-11,26H2,1-3H3,(H,27,28,29)/t13-,14+. The third kappa shape index (κ3) is 5.20. The molecule has 2 aliphatic heterocycles. The molecule has 0 bridgehead atoms. The summed E-state index contributed by atoms with van der Waals surface area (Å²) >= 11 is 6.11. The highest BCUT2D eigenvalue weighted by Gasteiger charge is 2.29. The molecule has 2 fully saturated rings. The van der Waals surface area contributed by atoms with Gasteiger partial charge in [0.05, 0.1) is 30.2 Å². The van der Waals surface area contributed by atoms with Gasteiger partial charge < -0.3 is 25.6 Å². The number of ether oxygens (including phenoxy) is 1. The molecule has 14 heteroatoms. The topological polar surface area (TPSA) is 134 Å². The number of anilines is 5. The number of nitrogens with zero attached hydrogens (tertiary/aromatic N) is 9. The van der Waals surface area contributed by atoms with Crippen LogP contribution in [-0.2, 0) is 4.74 Å². The largest absolute Gasteiger partial charge is 0.393 e. The van der Waals surface area contributed by atoms with E-state index in [1.54, 1.807) is 6.07 Å². The van der Waals surface area contributed by atoms with Crippen molar-refractivity contribution in [2.45, 2.75) is 25.9 Å². The second-order valence-corrected chi connectivity index (χ2v) is 9.65. The molecule has 5 rings (SSSR count). The Kier molecular flexibility index (Phi) is 7.17. The Bertz CT molecular complexity index is 1250. The average Bonchev–Trinajstić information content (AvgIpc) is 2.91. The predicted octanol–water partition coefficient (Wildman–Crippen LogP) is 2.21. The van der Waals surface area contributed by atoms with Gasteiger partial charge in [0.1, 0.15) is 17.8 Å². The van der Waals surface area contributed by atoms with Crippen LogP contribution in [0.2, 0.25) is 5.15 Å². The van der Waals surface area contributed by atoms with Crippen molar-refractivity contribution < 1.29 is 9.13 Å². The third-order valence-corrected chi connectivity index (χ3v) is 7.18. The Morgan fingerprint density at radius 1 is 1.03 bits per heavy atom. The molecule has 0 radical (unpaired) electrons. The fourth-order valence-corrected chi connectivity index (χ4v) is 4.65. The van der Waals surface area contributed by atoms with Gasteiger partial charge in [-0.2, -0.15) is 0 Å². The van der Waals surface area contributed by atoms with E-state index in [1.807, 2.05) is 4.90 Å². The Morgan fingerprint density at radius 2 is 1.70 bits per heavy atom. The van der Waals surface area contributed by atoms with E-state index < -0.39 is 5.82 Å². The molecule has 3 aromatic rings. The van der Waals surface area contributed by atoms with Crippen LogP contribution in [0, 0.1) is 5.82 Å². The fourth-order valence-electron chi connectivity index (χ4n) is 4.52. The van der Waals surface area contributed by atoms with Crippen LogP contribution in [0.15, 0.2) is 18.5 Å². The smallest absolute Gasteiger partial charge is 0.264 e. The number of hydrogen-bond acceptors (Lipinski definition) is 12. The molecule has 0 aliphatic carbocycles. The van der Waals surface area contributed by atoms with Crippen molar-refractivity contribution in [2.24, 2.45) is 0 Å². The molecule has 2 aromatic heterocycles. The van der Waals surface area contributed by atoms with E-state index in [9.17, 15) is 0 Å². The van der Waals surface area contributed by atoms with Crippen molar-refractivity contribution in [3.63, 3.8) is 0 Å². The zero-order valence-corrected chi connectivity index (χ0v) is 21.7. The first-order valence-electron chi connectivity index (χ1n) is 12.1. The maximum Gasteiger partial charge on any atom is 0.264 e. The molecule has 2 saturated heterocycles. The molecule has 2 atom stereocenters. The second kappa shape index (κ2) is 10.5. The van der Waals surface area contributed by atoms with Gasteiger partial charge >= 0.3 is 0 Å². The lowest BCUT2D eigenvalue weighted by Crippen LogP contribution is -2.55. The summed E-state index contributed by atoms with van der Waals surface area (Å²) in [7, 11) is 2.09. The molecule has 37 heavy (non-hydrogen) atoms. The van der Waals surface area contributed by atoms with Gasteiger partial charge in [-0.25, -0.2) is 14.4 Å². The summed E-state index contributed by atoms with van der Waals surface area (Å²) in [5.41, 5.74) is 7.69. The minimum atomic E-state index is -0.490. The molecule has 0 saturated carbocycles. The molecule has 12 nitrogen and oxygen atoms in total. The summed E-state index contributed by atoms with van der Waals surface area (Å²) in [6.45, 7) is 8.15. The normalized spacial score (nSPS) is 20.8. The monoisotopic (exact) mass is 529 g/mol. The Labute approximate surface area is 219 Å². The van der Waals surface area contributed by atoms with E-state index in [4.69, 9.17) is 22.1 Å². The highest BCUT2D eigenvalue weighted by Crippen LogP contribution is 2.37. The molecule has 3 N–H and O–H groups in total. The van der Waals surface area contributed by atoms with E-state index >= 15 is 4.39 Å². The summed E-state index contributed by atoms with van der Waals surface area (Å²) < 4.78 is 20.9. The zero-order valence-electron chi connectivity index (χ0n) is 20.9. The van der Waals surface area contributed by atoms with Crippen LogP contribution in [0.5, 0.6) is 0 Å². The first-order valence-corrected chi connectivity index (χ1v) is 12.4. The highest BCUT2D eigenvalue weighted by atomic mass is 35.5. The number of nitrogens with one attached hydrogen (secondary N) is 1. The zero-order chi connectivity index (χ0) is 26.1. The molecule has 4 heterocycles. The first kappa shape index (κ1) is 25.2. The summed E-state index contributed by atoms with van der Waals surface area (Å²) in [6, 6.07) is 3.63. The van der Waals surface area contributed by atoms with Gasteiger partial charge in [0.25, 0.3) is 5.95 Å². The lowest BCUT2D eigenvalue weighted by molar-refractivity contribution is 0.122. The van der Waals surface area contributed by atoms with E-state index in [2.05, 4.69) is 66.4 Å². The summed E-state index contributed by atoms with van der Waals surface area (Å²) in [5, 5.41) is 20.1. The molecule has 1 aromatic carbocycles. The summed E-state index contributed by atoms with van der Waals surface area (Å²) in [4.78, 5) is 14.5. The number of rotatable bonds is 5. The van der Waals surface area contributed by atoms with Crippen molar-refractivity contribution in [2.75, 3.05) is 67.3 Å². The van der Waals surface area contributed by atoms with E-state index in [0.717, 1.165) is 0 Å². The van der Waals surface area contributed by atoms with Crippen molar-refractivity contribution in [3.8, 4) is 11.4 Å². The lowest BCUT2D eigenvalue weighted by atomic mass is 10.1. The number of nitrogen functional groups attached to an aromatic ring is 1. The van der Waals surface area contributed by atoms with E-state index in [1.165, 1.54) is 12.4 Å². The maximum atomic E-state index is 15.6. The number of halogens is 2. The number of benzene rings is 1. The minimum absolute atomic E-state index is 0.0675. The Balaban J connectivity index is 1.53. The SMILES string of the molecule is C[C@@H]1CN(c2cc(F)c(-c3nnc(N4CCOCC4)nn3)cc2Nc2ncnc(Cl)c2N)C[C@H](C)N1C. The number of likely N-dealkylation sites (N-methyl/N-ethyl adjacent to an activating group) is 1. The molecule has 0 amide bonds. The van der Waals surface area contributed by atoms with Crippen LogP contribution in [0.25, 0.3) is 11.4 Å². The van der Waals surface area contributed by atoms with Crippen LogP contribution in [-0.4, -0.2) is 93.8 Å². The van der Waals surface area contributed by atoms with Gasteiger partial charge in [-0.1, -0.05) is 11.6 Å². The quantitative estimate of drug-likeness (QED) is 0.469. The van der Waals surface area contributed by atoms with Crippen LogP contribution in [0.1, 0.15) is 13.8 Å². The van der Waals surface area contributed by atoms with Crippen molar-refractivity contribution in [3.05, 3.63) is 29.4 Å². The van der Waals surface area contributed by atoms with E-state index in [0.29, 0.717) is 62.5 Å². The van der Waals surface area contributed by atoms with Gasteiger partial charge in [0.2, 0.25) is 5.82 Å². The summed E-state index contributed by atoms with van der Waals surface area (Å²) in [5.74, 6) is 0.272. The van der Waals surface area contributed by atoms with Gasteiger partial charge in [-0.05, 0) is 27.0 Å². The predicted molar refractivity (Wildman–Crippen MR) is 140 cm³/mol. The Morgan fingerprint density at radius 3 is 2.38 bits per heavy atom. The lowest BCUT2D eigenvalue weighted by Gasteiger charge is -2.44. The fraction of sp³-hybridized carbons (Fsp3) is 0.478. The second-order valence-electron chi connectivity index (χ2n) is 9.29. The third-order valence-electron chi connectivity index (χ3n) is 6.88. The van der Waals surface area contributed by atoms with Crippen molar-refractivity contribution in [1.29, 1.82) is 0 Å².